The molecule has 1 aromatic carbocycles. The van der Waals surface area contributed by atoms with Crippen molar-refractivity contribution in [3.63, 3.8) is 0 Å². The van der Waals surface area contributed by atoms with Gasteiger partial charge in [-0.3, -0.25) is 4.79 Å². The molecule has 0 N–H and O–H groups in total. The highest BCUT2D eigenvalue weighted by molar-refractivity contribution is 6.09. The Balaban J connectivity index is 1.44. The molecule has 1 aromatic heterocycles. The van der Waals surface area contributed by atoms with Crippen LogP contribution in [0.4, 0.5) is 10.5 Å². The van der Waals surface area contributed by atoms with Gasteiger partial charge in [0.05, 0.1) is 24.9 Å². The molecule has 2 aliphatic heterocycles. The lowest BCUT2D eigenvalue weighted by Gasteiger charge is -2.45. The third kappa shape index (κ3) is 3.47. The average Bonchev–Trinajstić information content (AvgIpc) is 3.26. The van der Waals surface area contributed by atoms with Gasteiger partial charge in [0, 0.05) is 37.4 Å². The lowest BCUT2D eigenvalue weighted by Crippen LogP contribution is -2.65. The summed E-state index contributed by atoms with van der Waals surface area (Å²) in [6, 6.07) is 10.1. The predicted molar refractivity (Wildman–Crippen MR) is 122 cm³/mol. The molecular formula is C25H29N5O3. The van der Waals surface area contributed by atoms with Crippen molar-refractivity contribution in [2.75, 3.05) is 24.6 Å². The molecule has 2 amide bonds. The van der Waals surface area contributed by atoms with Crippen LogP contribution in [0.15, 0.2) is 24.3 Å². The first-order valence-corrected chi connectivity index (χ1v) is 11.9. The number of carbonyl (C=O) groups excluding carboxylic acids is 2. The van der Waals surface area contributed by atoms with Gasteiger partial charge in [-0.05, 0) is 50.7 Å². The van der Waals surface area contributed by atoms with E-state index in [1.165, 1.54) is 5.69 Å². The minimum absolute atomic E-state index is 0.0220. The Morgan fingerprint density at radius 3 is 2.82 bits per heavy atom. The number of imidazole rings is 1. The molecule has 5 rings (SSSR count). The first-order chi connectivity index (χ1) is 16.1. The van der Waals surface area contributed by atoms with Crippen molar-refractivity contribution in [1.82, 2.24) is 14.5 Å². The van der Waals surface area contributed by atoms with E-state index in [0.717, 1.165) is 61.4 Å². The predicted octanol–water partition coefficient (Wildman–Crippen LogP) is 3.32. The fourth-order valence-electron chi connectivity index (χ4n) is 5.51. The number of para-hydroxylation sites is 1. The SMILES string of the molecule is CCOC(=O)N1CC2(C1)C(=O)N(Cc1nc3c(n1CCCC#N)CCCC3)c1ccccc12. The van der Waals surface area contributed by atoms with Crippen molar-refractivity contribution >= 4 is 17.7 Å². The number of fused-ring (bicyclic) bond motifs is 3. The van der Waals surface area contributed by atoms with Crippen molar-refractivity contribution in [3.8, 4) is 6.07 Å². The summed E-state index contributed by atoms with van der Waals surface area (Å²) in [5.74, 6) is 0.912. The maximum absolute atomic E-state index is 13.8. The van der Waals surface area contributed by atoms with Gasteiger partial charge in [-0.25, -0.2) is 9.78 Å². The highest BCUT2D eigenvalue weighted by atomic mass is 16.6. The summed E-state index contributed by atoms with van der Waals surface area (Å²) < 4.78 is 7.38. The van der Waals surface area contributed by atoms with Gasteiger partial charge in [0.25, 0.3) is 0 Å². The van der Waals surface area contributed by atoms with Crippen LogP contribution < -0.4 is 4.90 Å². The number of nitrogens with zero attached hydrogens (tertiary/aromatic N) is 5. The van der Waals surface area contributed by atoms with E-state index in [1.807, 2.05) is 29.2 Å². The molecule has 1 spiro atoms. The number of rotatable bonds is 6. The van der Waals surface area contributed by atoms with Crippen LogP contribution in [0.2, 0.25) is 0 Å². The van der Waals surface area contributed by atoms with Gasteiger partial charge in [0.1, 0.15) is 11.2 Å². The number of aromatic nitrogens is 2. The van der Waals surface area contributed by atoms with Gasteiger partial charge < -0.3 is 19.1 Å². The van der Waals surface area contributed by atoms with E-state index >= 15 is 0 Å². The largest absolute Gasteiger partial charge is 0.450 e. The Bertz CT molecular complexity index is 1130. The Morgan fingerprint density at radius 1 is 1.24 bits per heavy atom. The molecule has 0 radical (unpaired) electrons. The summed E-state index contributed by atoms with van der Waals surface area (Å²) >= 11 is 0. The maximum Gasteiger partial charge on any atom is 0.409 e. The second-order valence-corrected chi connectivity index (χ2v) is 9.09. The third-order valence-corrected chi connectivity index (χ3v) is 7.09. The molecule has 8 nitrogen and oxygen atoms in total. The topological polar surface area (TPSA) is 91.5 Å². The van der Waals surface area contributed by atoms with Crippen LogP contribution >= 0.6 is 0 Å². The minimum atomic E-state index is -0.707. The van der Waals surface area contributed by atoms with Crippen LogP contribution in [0.5, 0.6) is 0 Å². The Kier molecular flexibility index (Phi) is 5.57. The lowest BCUT2D eigenvalue weighted by molar-refractivity contribution is -0.128. The number of nitriles is 1. The number of benzene rings is 1. The van der Waals surface area contributed by atoms with E-state index < -0.39 is 5.41 Å². The molecule has 172 valence electrons. The molecule has 1 fully saturated rings. The van der Waals surface area contributed by atoms with E-state index in [2.05, 4.69) is 10.6 Å². The van der Waals surface area contributed by atoms with Crippen molar-refractivity contribution in [2.45, 2.75) is 64.0 Å². The molecule has 33 heavy (non-hydrogen) atoms. The number of carbonyl (C=O) groups is 2. The van der Waals surface area contributed by atoms with Crippen LogP contribution in [0.25, 0.3) is 0 Å². The molecule has 0 bridgehead atoms. The second kappa shape index (κ2) is 8.54. The van der Waals surface area contributed by atoms with E-state index in [9.17, 15) is 9.59 Å². The van der Waals surface area contributed by atoms with E-state index in [0.29, 0.717) is 32.7 Å². The van der Waals surface area contributed by atoms with Crippen molar-refractivity contribution < 1.29 is 14.3 Å². The van der Waals surface area contributed by atoms with Crippen LogP contribution in [0, 0.1) is 11.3 Å². The summed E-state index contributed by atoms with van der Waals surface area (Å²) in [6.45, 7) is 3.92. The van der Waals surface area contributed by atoms with Crippen LogP contribution in [-0.4, -0.2) is 46.1 Å². The molecule has 0 saturated carbocycles. The molecule has 1 aliphatic carbocycles. The fourth-order valence-corrected chi connectivity index (χ4v) is 5.51. The maximum atomic E-state index is 13.8. The second-order valence-electron chi connectivity index (χ2n) is 9.09. The van der Waals surface area contributed by atoms with Gasteiger partial charge >= 0.3 is 6.09 Å². The smallest absolute Gasteiger partial charge is 0.409 e. The zero-order valence-corrected chi connectivity index (χ0v) is 19.0. The Labute approximate surface area is 193 Å². The normalized spacial score (nSPS) is 18.0. The highest BCUT2D eigenvalue weighted by Gasteiger charge is 2.59. The number of hydrogen-bond donors (Lipinski definition) is 0. The van der Waals surface area contributed by atoms with Gasteiger partial charge in [0.15, 0.2) is 0 Å². The molecule has 1 saturated heterocycles. The number of amides is 2. The molecule has 0 unspecified atom stereocenters. The highest BCUT2D eigenvalue weighted by Crippen LogP contribution is 2.48. The van der Waals surface area contributed by atoms with Crippen molar-refractivity contribution in [1.29, 1.82) is 5.26 Å². The average molecular weight is 448 g/mol. The summed E-state index contributed by atoms with van der Waals surface area (Å²) in [5, 5.41) is 9.00. The zero-order chi connectivity index (χ0) is 23.0. The van der Waals surface area contributed by atoms with E-state index in [1.54, 1.807) is 11.8 Å². The molecule has 3 heterocycles. The van der Waals surface area contributed by atoms with Crippen LogP contribution in [0.1, 0.15) is 55.4 Å². The summed E-state index contributed by atoms with van der Waals surface area (Å²) in [6.07, 6.45) is 5.16. The monoisotopic (exact) mass is 447 g/mol. The van der Waals surface area contributed by atoms with E-state index in [-0.39, 0.29) is 12.0 Å². The van der Waals surface area contributed by atoms with Gasteiger partial charge in [-0.15, -0.1) is 0 Å². The van der Waals surface area contributed by atoms with Gasteiger partial charge in [-0.2, -0.15) is 5.26 Å². The molecular weight excluding hydrogens is 418 g/mol. The number of aryl methyl sites for hydroxylation is 1. The van der Waals surface area contributed by atoms with Gasteiger partial charge in [-0.1, -0.05) is 18.2 Å². The fraction of sp³-hybridized carbons (Fsp3) is 0.520. The molecule has 2 aromatic rings. The number of likely N-dealkylation sites (tertiary alicyclic amines) is 1. The quantitative estimate of drug-likeness (QED) is 0.634. The van der Waals surface area contributed by atoms with Crippen LogP contribution in [0.3, 0.4) is 0 Å². The summed E-state index contributed by atoms with van der Waals surface area (Å²) in [5.41, 5.74) is 3.57. The summed E-state index contributed by atoms with van der Waals surface area (Å²) in [4.78, 5) is 34.4. The number of anilines is 1. The Morgan fingerprint density at radius 2 is 2.03 bits per heavy atom. The van der Waals surface area contributed by atoms with Crippen molar-refractivity contribution in [2.24, 2.45) is 0 Å². The number of unbranched alkanes of at least 4 members (excludes halogenated alkanes) is 1. The lowest BCUT2D eigenvalue weighted by atomic mass is 9.75. The molecule has 3 aliphatic rings. The van der Waals surface area contributed by atoms with Crippen molar-refractivity contribution in [3.05, 3.63) is 47.0 Å². The first kappa shape index (κ1) is 21.5. The third-order valence-electron chi connectivity index (χ3n) is 7.09. The summed E-state index contributed by atoms with van der Waals surface area (Å²) in [7, 11) is 0. The Hall–Kier alpha value is -3.34. The molecule has 0 atom stereocenters. The minimum Gasteiger partial charge on any atom is -0.450 e. The van der Waals surface area contributed by atoms with E-state index in [4.69, 9.17) is 15.0 Å². The van der Waals surface area contributed by atoms with Crippen LogP contribution in [-0.2, 0) is 40.9 Å². The first-order valence-electron chi connectivity index (χ1n) is 11.9. The van der Waals surface area contributed by atoms with Gasteiger partial charge in [0.2, 0.25) is 5.91 Å². The standard InChI is InChI=1S/C25H29N5O3/c1-2-33-24(32)28-16-25(17-28)18-9-3-5-11-20(18)30(23(25)31)15-22-27-19-10-4-6-12-21(19)29(22)14-8-7-13-26/h3,5,9,11H,2,4,6-8,10,12,14-17H2,1H3. The zero-order valence-electron chi connectivity index (χ0n) is 19.0. The number of ether oxygens (including phenoxy) is 1. The number of hydrogen-bond acceptors (Lipinski definition) is 5. The molecule has 8 heteroatoms.